The van der Waals surface area contributed by atoms with E-state index in [1.807, 2.05) is 6.92 Å². The van der Waals surface area contributed by atoms with E-state index < -0.39 is 0 Å². The van der Waals surface area contributed by atoms with Crippen molar-refractivity contribution in [2.24, 2.45) is 11.8 Å². The highest BCUT2D eigenvalue weighted by Crippen LogP contribution is 2.17. The van der Waals surface area contributed by atoms with Gasteiger partial charge in [0.25, 0.3) is 0 Å². The molecule has 1 nitrogen and oxygen atoms in total. The van der Waals surface area contributed by atoms with E-state index >= 15 is 0 Å². The lowest BCUT2D eigenvalue weighted by molar-refractivity contribution is 0.173. The minimum Gasteiger partial charge on any atom is -0.393 e. The number of rotatable bonds is 7. The van der Waals surface area contributed by atoms with Gasteiger partial charge < -0.3 is 5.11 Å². The Morgan fingerprint density at radius 3 is 1.92 bits per heavy atom. The Morgan fingerprint density at radius 2 is 1.46 bits per heavy atom. The zero-order valence-corrected chi connectivity index (χ0v) is 9.71. The molecule has 1 N–H and O–H groups in total. The van der Waals surface area contributed by atoms with Crippen LogP contribution in [0.4, 0.5) is 0 Å². The van der Waals surface area contributed by atoms with Crippen LogP contribution in [0.2, 0.25) is 0 Å². The van der Waals surface area contributed by atoms with Crippen molar-refractivity contribution >= 4 is 0 Å². The third-order valence-corrected chi connectivity index (χ3v) is 2.56. The van der Waals surface area contributed by atoms with Gasteiger partial charge in [-0.05, 0) is 31.6 Å². The summed E-state index contributed by atoms with van der Waals surface area (Å²) in [7, 11) is 0. The molecule has 0 saturated carbocycles. The SMILES string of the molecule is CC(C)CCCC(C)CCC(C)O. The summed E-state index contributed by atoms with van der Waals surface area (Å²) in [5.41, 5.74) is 0. The molecule has 13 heavy (non-hydrogen) atoms. The molecule has 0 saturated heterocycles. The molecule has 0 aliphatic carbocycles. The molecule has 0 aromatic rings. The second kappa shape index (κ2) is 7.37. The summed E-state index contributed by atoms with van der Waals surface area (Å²) in [6, 6.07) is 0. The van der Waals surface area contributed by atoms with E-state index in [2.05, 4.69) is 20.8 Å². The Hall–Kier alpha value is -0.0400. The van der Waals surface area contributed by atoms with E-state index in [9.17, 15) is 0 Å². The van der Waals surface area contributed by atoms with E-state index in [0.717, 1.165) is 18.3 Å². The average Bonchev–Trinajstić information content (AvgIpc) is 2.00. The van der Waals surface area contributed by atoms with Crippen LogP contribution in [0, 0.1) is 11.8 Å². The van der Waals surface area contributed by atoms with E-state index in [-0.39, 0.29) is 6.10 Å². The predicted molar refractivity (Wildman–Crippen MR) is 58.8 cm³/mol. The fourth-order valence-corrected chi connectivity index (χ4v) is 1.54. The van der Waals surface area contributed by atoms with Gasteiger partial charge in [-0.2, -0.15) is 0 Å². The summed E-state index contributed by atoms with van der Waals surface area (Å²) in [6.07, 6.45) is 6.04. The summed E-state index contributed by atoms with van der Waals surface area (Å²) in [5.74, 6) is 1.62. The summed E-state index contributed by atoms with van der Waals surface area (Å²) >= 11 is 0. The van der Waals surface area contributed by atoms with Gasteiger partial charge in [0.15, 0.2) is 0 Å². The van der Waals surface area contributed by atoms with Crippen LogP contribution in [0.15, 0.2) is 0 Å². The van der Waals surface area contributed by atoms with Crippen molar-refractivity contribution in [2.75, 3.05) is 0 Å². The maximum Gasteiger partial charge on any atom is 0.0512 e. The van der Waals surface area contributed by atoms with Crippen LogP contribution in [0.3, 0.4) is 0 Å². The number of hydrogen-bond acceptors (Lipinski definition) is 1. The molecular formula is C12H26O. The van der Waals surface area contributed by atoms with Crippen LogP contribution < -0.4 is 0 Å². The normalized spacial score (nSPS) is 16.2. The van der Waals surface area contributed by atoms with Crippen LogP contribution in [0.1, 0.15) is 59.8 Å². The molecule has 1 heteroatoms. The first-order valence-electron chi connectivity index (χ1n) is 5.70. The number of aliphatic hydroxyl groups is 1. The monoisotopic (exact) mass is 186 g/mol. The fraction of sp³-hybridized carbons (Fsp3) is 1.00. The number of aliphatic hydroxyl groups excluding tert-OH is 1. The Bertz CT molecular complexity index is 108. The largest absolute Gasteiger partial charge is 0.393 e. The molecule has 0 aliphatic rings. The van der Waals surface area contributed by atoms with Gasteiger partial charge in [-0.1, -0.05) is 40.0 Å². The van der Waals surface area contributed by atoms with Crippen LogP contribution in [-0.4, -0.2) is 11.2 Å². The first-order chi connectivity index (χ1) is 6.02. The van der Waals surface area contributed by atoms with Crippen molar-refractivity contribution in [3.05, 3.63) is 0 Å². The van der Waals surface area contributed by atoms with Gasteiger partial charge in [-0.25, -0.2) is 0 Å². The van der Waals surface area contributed by atoms with Crippen LogP contribution in [0.25, 0.3) is 0 Å². The van der Waals surface area contributed by atoms with E-state index in [1.165, 1.54) is 25.7 Å². The lowest BCUT2D eigenvalue weighted by Gasteiger charge is -2.12. The Morgan fingerprint density at radius 1 is 0.846 bits per heavy atom. The summed E-state index contributed by atoms with van der Waals surface area (Å²) in [6.45, 7) is 8.73. The van der Waals surface area contributed by atoms with Crippen molar-refractivity contribution in [2.45, 2.75) is 65.9 Å². The van der Waals surface area contributed by atoms with Gasteiger partial charge in [-0.3, -0.25) is 0 Å². The topological polar surface area (TPSA) is 20.2 Å². The van der Waals surface area contributed by atoms with E-state index in [0.29, 0.717) is 0 Å². The highest BCUT2D eigenvalue weighted by molar-refractivity contribution is 4.57. The molecule has 0 aromatic carbocycles. The van der Waals surface area contributed by atoms with Gasteiger partial charge in [0.2, 0.25) is 0 Å². The van der Waals surface area contributed by atoms with Gasteiger partial charge in [0.1, 0.15) is 0 Å². The Kier molecular flexibility index (Phi) is 7.35. The van der Waals surface area contributed by atoms with Gasteiger partial charge in [0, 0.05) is 0 Å². The molecule has 2 atom stereocenters. The first kappa shape index (κ1) is 13.0. The molecule has 0 bridgehead atoms. The maximum absolute atomic E-state index is 9.11. The second-order valence-corrected chi connectivity index (χ2v) is 4.86. The maximum atomic E-state index is 9.11. The molecular weight excluding hydrogens is 160 g/mol. The summed E-state index contributed by atoms with van der Waals surface area (Å²) in [4.78, 5) is 0. The molecule has 0 aliphatic heterocycles. The molecule has 0 fully saturated rings. The zero-order chi connectivity index (χ0) is 10.3. The molecule has 0 radical (unpaired) electrons. The van der Waals surface area contributed by atoms with Crippen molar-refractivity contribution in [1.82, 2.24) is 0 Å². The highest BCUT2D eigenvalue weighted by atomic mass is 16.3. The summed E-state index contributed by atoms with van der Waals surface area (Å²) in [5, 5.41) is 9.11. The molecule has 0 rings (SSSR count). The minimum atomic E-state index is -0.118. The van der Waals surface area contributed by atoms with Crippen molar-refractivity contribution in [3.63, 3.8) is 0 Å². The van der Waals surface area contributed by atoms with Crippen molar-refractivity contribution in [3.8, 4) is 0 Å². The number of hydrogen-bond donors (Lipinski definition) is 1. The highest BCUT2D eigenvalue weighted by Gasteiger charge is 2.04. The predicted octanol–water partition coefficient (Wildman–Crippen LogP) is 3.61. The third kappa shape index (κ3) is 9.88. The Labute approximate surface area is 83.5 Å². The molecule has 2 unspecified atom stereocenters. The van der Waals surface area contributed by atoms with Gasteiger partial charge in [-0.15, -0.1) is 0 Å². The second-order valence-electron chi connectivity index (χ2n) is 4.86. The Balaban J connectivity index is 3.25. The zero-order valence-electron chi connectivity index (χ0n) is 9.71. The first-order valence-corrected chi connectivity index (χ1v) is 5.70. The lowest BCUT2D eigenvalue weighted by Crippen LogP contribution is -2.04. The lowest BCUT2D eigenvalue weighted by atomic mass is 9.95. The third-order valence-electron chi connectivity index (χ3n) is 2.56. The summed E-state index contributed by atoms with van der Waals surface area (Å²) < 4.78 is 0. The average molecular weight is 186 g/mol. The smallest absolute Gasteiger partial charge is 0.0512 e. The standard InChI is InChI=1S/C12H26O/c1-10(2)6-5-7-11(3)8-9-12(4)13/h10-13H,5-9H2,1-4H3. The van der Waals surface area contributed by atoms with Crippen molar-refractivity contribution in [1.29, 1.82) is 0 Å². The fourth-order valence-electron chi connectivity index (χ4n) is 1.54. The van der Waals surface area contributed by atoms with E-state index in [1.54, 1.807) is 0 Å². The van der Waals surface area contributed by atoms with Crippen LogP contribution in [-0.2, 0) is 0 Å². The molecule has 0 amide bonds. The van der Waals surface area contributed by atoms with Crippen LogP contribution >= 0.6 is 0 Å². The molecule has 0 aromatic heterocycles. The van der Waals surface area contributed by atoms with Crippen molar-refractivity contribution < 1.29 is 5.11 Å². The molecule has 80 valence electrons. The van der Waals surface area contributed by atoms with Gasteiger partial charge >= 0.3 is 0 Å². The van der Waals surface area contributed by atoms with Crippen LogP contribution in [0.5, 0.6) is 0 Å². The molecule has 0 heterocycles. The van der Waals surface area contributed by atoms with Gasteiger partial charge in [0.05, 0.1) is 6.10 Å². The quantitative estimate of drug-likeness (QED) is 0.644. The minimum absolute atomic E-state index is 0.118. The molecule has 0 spiro atoms. The van der Waals surface area contributed by atoms with E-state index in [4.69, 9.17) is 5.11 Å².